The van der Waals surface area contributed by atoms with Crippen LogP contribution in [-0.4, -0.2) is 64.9 Å². The van der Waals surface area contributed by atoms with Gasteiger partial charge in [0.2, 0.25) is 0 Å². The van der Waals surface area contributed by atoms with E-state index in [0.717, 1.165) is 60.1 Å². The lowest BCUT2D eigenvalue weighted by Crippen LogP contribution is -2.33. The highest BCUT2D eigenvalue weighted by Gasteiger charge is 2.46. The summed E-state index contributed by atoms with van der Waals surface area (Å²) in [5, 5.41) is 7.72. The number of ether oxygens (including phenoxy) is 2. The summed E-state index contributed by atoms with van der Waals surface area (Å²) in [5.74, 6) is 2.44. The molecule has 0 amide bonds. The Morgan fingerprint density at radius 1 is 0.552 bits per heavy atom. The zero-order chi connectivity index (χ0) is 40.5. The third-order valence-electron chi connectivity index (χ3n) is 12.1. The molecular weight excluding hydrogens is 833 g/mol. The lowest BCUT2D eigenvalue weighted by Gasteiger charge is -2.38. The number of esters is 2. The highest BCUT2D eigenvalue weighted by molar-refractivity contribution is 8.77. The van der Waals surface area contributed by atoms with Gasteiger partial charge >= 0.3 is 11.9 Å². The Hall–Kier alpha value is -0.520. The lowest BCUT2D eigenvalue weighted by molar-refractivity contribution is -0.134. The average molecular weight is 903 g/mol. The van der Waals surface area contributed by atoms with Crippen LogP contribution in [0.2, 0.25) is 0 Å². The minimum absolute atomic E-state index is 0.166. The standard InChI is InChI=1S/C48H70O4S6/c1-4-38-29-39(54-38)30-43-41(25-15-11-7-9-13-19-34-21-17-23-36(27-34)51-47(49)5-2)57-58-42(45(55-43)32-46-44(56-46)31-40-33-53-40)26-16-12-8-10-14-20-35-22-18-24-37(28-35)52-48(50)6-3/h17-18,21-24,27-28,38-46H,4-16,19-20,25-26,29-33H2,1-3H3. The van der Waals surface area contributed by atoms with Gasteiger partial charge in [-0.15, -0.1) is 0 Å². The van der Waals surface area contributed by atoms with Crippen molar-refractivity contribution in [2.24, 2.45) is 0 Å². The first-order chi connectivity index (χ1) is 28.4. The number of hydrogen-bond donors (Lipinski definition) is 0. The predicted octanol–water partition coefficient (Wildman–Crippen LogP) is 14.4. The van der Waals surface area contributed by atoms with E-state index >= 15 is 0 Å². The minimum Gasteiger partial charge on any atom is -0.427 e. The fourth-order valence-electron chi connectivity index (χ4n) is 8.41. The van der Waals surface area contributed by atoms with Crippen molar-refractivity contribution in [1.29, 1.82) is 0 Å². The Kier molecular flexibility index (Phi) is 20.7. The van der Waals surface area contributed by atoms with Crippen LogP contribution in [0.1, 0.15) is 154 Å². The van der Waals surface area contributed by atoms with Gasteiger partial charge in [0.05, 0.1) is 0 Å². The molecule has 9 unspecified atom stereocenters. The summed E-state index contributed by atoms with van der Waals surface area (Å²) in [5.41, 5.74) is 2.55. The van der Waals surface area contributed by atoms with Crippen molar-refractivity contribution in [3.63, 3.8) is 0 Å². The molecule has 4 fully saturated rings. The average Bonchev–Trinajstić information content (AvgIpc) is 4.16. The molecule has 6 rings (SSSR count). The van der Waals surface area contributed by atoms with Crippen LogP contribution in [0.15, 0.2) is 48.5 Å². The summed E-state index contributed by atoms with van der Waals surface area (Å²) in [6, 6.07) is 16.2. The van der Waals surface area contributed by atoms with Gasteiger partial charge in [0.15, 0.2) is 0 Å². The van der Waals surface area contributed by atoms with E-state index in [9.17, 15) is 9.59 Å². The summed E-state index contributed by atoms with van der Waals surface area (Å²) < 4.78 is 10.9. The van der Waals surface area contributed by atoms with Crippen LogP contribution in [0.25, 0.3) is 0 Å². The lowest BCUT2D eigenvalue weighted by atomic mass is 10.0. The summed E-state index contributed by atoms with van der Waals surface area (Å²) in [6.45, 7) is 6.05. The van der Waals surface area contributed by atoms with Gasteiger partial charge in [-0.2, -0.15) is 47.0 Å². The maximum Gasteiger partial charge on any atom is 0.310 e. The normalized spacial score (nSPS) is 27.7. The molecule has 4 saturated heterocycles. The van der Waals surface area contributed by atoms with Gasteiger partial charge in [0.25, 0.3) is 0 Å². The zero-order valence-electron chi connectivity index (χ0n) is 35.5. The van der Waals surface area contributed by atoms with Crippen molar-refractivity contribution in [2.75, 3.05) is 5.75 Å². The van der Waals surface area contributed by atoms with Crippen LogP contribution in [0.5, 0.6) is 11.5 Å². The fraction of sp³-hybridized carbons (Fsp3) is 0.708. The van der Waals surface area contributed by atoms with Crippen molar-refractivity contribution in [1.82, 2.24) is 0 Å². The van der Waals surface area contributed by atoms with Crippen molar-refractivity contribution >= 4 is 80.6 Å². The summed E-state index contributed by atoms with van der Waals surface area (Å²) in [7, 11) is 4.63. The van der Waals surface area contributed by atoms with E-state index in [4.69, 9.17) is 9.47 Å². The van der Waals surface area contributed by atoms with Crippen molar-refractivity contribution in [3.05, 3.63) is 59.7 Å². The molecule has 4 aliphatic heterocycles. The zero-order valence-corrected chi connectivity index (χ0v) is 40.4. The van der Waals surface area contributed by atoms with Gasteiger partial charge in [-0.05, 0) is 106 Å². The molecule has 4 aliphatic rings. The molecule has 4 nitrogen and oxygen atoms in total. The van der Waals surface area contributed by atoms with Gasteiger partial charge in [-0.3, -0.25) is 9.59 Å². The Bertz CT molecular complexity index is 1530. The highest BCUT2D eigenvalue weighted by atomic mass is 33.1. The molecule has 0 saturated carbocycles. The minimum atomic E-state index is -0.166. The second kappa shape index (κ2) is 25.6. The van der Waals surface area contributed by atoms with Crippen molar-refractivity contribution < 1.29 is 19.1 Å². The third kappa shape index (κ3) is 16.6. The van der Waals surface area contributed by atoms with Gasteiger partial charge < -0.3 is 9.47 Å². The first-order valence-electron chi connectivity index (χ1n) is 22.9. The van der Waals surface area contributed by atoms with Crippen LogP contribution >= 0.6 is 68.6 Å². The molecule has 0 aliphatic carbocycles. The second-order valence-electron chi connectivity index (χ2n) is 16.9. The molecular formula is C48H70O4S6. The predicted molar refractivity (Wildman–Crippen MR) is 261 cm³/mol. The number of carbonyl (C=O) groups excluding carboxylic acids is 2. The Morgan fingerprint density at radius 2 is 1.00 bits per heavy atom. The smallest absolute Gasteiger partial charge is 0.310 e. The first kappa shape index (κ1) is 47.0. The second-order valence-corrected chi connectivity index (χ2v) is 25.6. The Balaban J connectivity index is 0.960. The van der Waals surface area contributed by atoms with E-state index in [0.29, 0.717) is 24.3 Å². The number of thioether (sulfide) groups is 4. The van der Waals surface area contributed by atoms with E-state index < -0.39 is 0 Å². The summed E-state index contributed by atoms with van der Waals surface area (Å²) >= 11 is 9.28. The van der Waals surface area contributed by atoms with Crippen LogP contribution in [0, 0.1) is 0 Å². The summed E-state index contributed by atoms with van der Waals surface area (Å²) in [4.78, 5) is 23.5. The van der Waals surface area contributed by atoms with E-state index in [2.05, 4.69) is 87.7 Å². The number of unbranched alkanes of at least 4 members (excludes halogenated alkanes) is 8. The molecule has 58 heavy (non-hydrogen) atoms. The monoisotopic (exact) mass is 902 g/mol. The van der Waals surface area contributed by atoms with E-state index in [1.165, 1.54) is 126 Å². The maximum atomic E-state index is 11.7. The van der Waals surface area contributed by atoms with Gasteiger partial charge in [-0.1, -0.05) is 118 Å². The Labute approximate surface area is 376 Å². The van der Waals surface area contributed by atoms with E-state index in [1.54, 1.807) is 0 Å². The topological polar surface area (TPSA) is 52.6 Å². The first-order valence-corrected chi connectivity index (χ1v) is 29.0. The quantitative estimate of drug-likeness (QED) is 0.0285. The van der Waals surface area contributed by atoms with Gasteiger partial charge in [0.1, 0.15) is 11.5 Å². The highest BCUT2D eigenvalue weighted by Crippen LogP contribution is 2.57. The molecule has 9 atom stereocenters. The largest absolute Gasteiger partial charge is 0.427 e. The molecule has 0 radical (unpaired) electrons. The molecule has 0 spiro atoms. The van der Waals surface area contributed by atoms with Crippen LogP contribution < -0.4 is 9.47 Å². The van der Waals surface area contributed by atoms with Crippen LogP contribution in [0.4, 0.5) is 0 Å². The number of aryl methyl sites for hydroxylation is 2. The molecule has 322 valence electrons. The van der Waals surface area contributed by atoms with Crippen molar-refractivity contribution in [2.45, 2.75) is 203 Å². The number of carbonyl (C=O) groups is 2. The molecule has 0 aromatic heterocycles. The molecule has 10 heteroatoms. The van der Waals surface area contributed by atoms with Crippen LogP contribution in [-0.2, 0) is 22.4 Å². The molecule has 0 bridgehead atoms. The van der Waals surface area contributed by atoms with E-state index in [1.807, 2.05) is 50.2 Å². The van der Waals surface area contributed by atoms with Crippen molar-refractivity contribution in [3.8, 4) is 11.5 Å². The molecule has 0 N–H and O–H groups in total. The number of benzene rings is 2. The molecule has 2 aromatic rings. The molecule has 4 heterocycles. The SMILES string of the molecule is CCC(=O)Oc1cccc(CCCCCCCC2SSC(CCCCCCCc3cccc(OC(=O)CC)c3)C(CC3SC3CC3CS3)SC2CC2CC(CC)S2)c1. The van der Waals surface area contributed by atoms with E-state index in [-0.39, 0.29) is 11.9 Å². The third-order valence-corrected chi connectivity index (χ3v) is 21.9. The maximum absolute atomic E-state index is 11.7. The van der Waals surface area contributed by atoms with Crippen LogP contribution in [0.3, 0.4) is 0 Å². The number of hydrogen-bond acceptors (Lipinski definition) is 10. The van der Waals surface area contributed by atoms with Gasteiger partial charge in [0, 0.05) is 65.8 Å². The fourth-order valence-corrected chi connectivity index (χ4v) is 18.4. The number of rotatable bonds is 27. The van der Waals surface area contributed by atoms with Gasteiger partial charge in [-0.25, -0.2) is 0 Å². The summed E-state index contributed by atoms with van der Waals surface area (Å²) in [6.07, 6.45) is 25.7. The molecule has 2 aromatic carbocycles. The Morgan fingerprint density at radius 3 is 1.50 bits per heavy atom.